The largest absolute Gasteiger partial charge is 0.250 e. The van der Waals surface area contributed by atoms with Crippen molar-refractivity contribution in [1.29, 1.82) is 0 Å². The van der Waals surface area contributed by atoms with Gasteiger partial charge in [0, 0.05) is 0 Å². The van der Waals surface area contributed by atoms with Crippen molar-refractivity contribution in [3.05, 3.63) is 87.2 Å². The molecule has 3 nitrogen and oxygen atoms in total. The molecule has 0 saturated carbocycles. The fourth-order valence-electron chi connectivity index (χ4n) is 2.39. The summed E-state index contributed by atoms with van der Waals surface area (Å²) in [5.41, 5.74) is 2.95. The third-order valence-electron chi connectivity index (χ3n) is 3.63. The monoisotopic (exact) mass is 421 g/mol. The minimum atomic E-state index is -3.61. The summed E-state index contributed by atoms with van der Waals surface area (Å²) in [5, 5.41) is 0. The summed E-state index contributed by atoms with van der Waals surface area (Å²) in [4.78, 5) is 0. The van der Waals surface area contributed by atoms with E-state index in [9.17, 15) is 8.42 Å². The summed E-state index contributed by atoms with van der Waals surface area (Å²) in [6.45, 7) is 2.01. The van der Waals surface area contributed by atoms with E-state index < -0.39 is 16.1 Å². The van der Waals surface area contributed by atoms with Gasteiger partial charge in [0.15, 0.2) is 0 Å². The van der Waals surface area contributed by atoms with Gasteiger partial charge in [0.2, 0.25) is 0 Å². The molecule has 3 rings (SSSR count). The minimum Gasteiger partial charge on any atom is -0.206 e. The SMILES string of the molecule is Cc1ccc([C@H](NS(=O)(=O)c2ccc(Br)s2)c2ccccc2)cc1. The third kappa shape index (κ3) is 3.95. The molecule has 0 spiro atoms. The van der Waals surface area contributed by atoms with Crippen LogP contribution in [0.5, 0.6) is 0 Å². The number of aryl methyl sites for hydroxylation is 1. The lowest BCUT2D eigenvalue weighted by molar-refractivity contribution is 0.574. The number of thiophene rings is 1. The molecule has 0 fully saturated rings. The third-order valence-corrected chi connectivity index (χ3v) is 7.17. The Morgan fingerprint density at radius 2 is 1.54 bits per heavy atom. The molecular weight excluding hydrogens is 406 g/mol. The first kappa shape index (κ1) is 17.4. The smallest absolute Gasteiger partial charge is 0.206 e. The molecule has 1 N–H and O–H groups in total. The van der Waals surface area contributed by atoms with Crippen LogP contribution < -0.4 is 4.72 Å². The Morgan fingerprint density at radius 1 is 0.917 bits per heavy atom. The van der Waals surface area contributed by atoms with E-state index >= 15 is 0 Å². The summed E-state index contributed by atoms with van der Waals surface area (Å²) in [5.74, 6) is 0. The van der Waals surface area contributed by atoms with E-state index in [-0.39, 0.29) is 0 Å². The van der Waals surface area contributed by atoms with Gasteiger partial charge in [-0.25, -0.2) is 8.42 Å². The number of sulfonamides is 1. The van der Waals surface area contributed by atoms with E-state index in [0.29, 0.717) is 4.21 Å². The van der Waals surface area contributed by atoms with Crippen molar-refractivity contribution in [2.75, 3.05) is 0 Å². The number of benzene rings is 2. The van der Waals surface area contributed by atoms with Gasteiger partial charge in [-0.2, -0.15) is 4.72 Å². The molecule has 0 saturated heterocycles. The van der Waals surface area contributed by atoms with Gasteiger partial charge in [0.05, 0.1) is 9.83 Å². The first-order chi connectivity index (χ1) is 11.5. The molecule has 0 aliphatic rings. The molecule has 0 aliphatic heterocycles. The number of hydrogen-bond donors (Lipinski definition) is 1. The van der Waals surface area contributed by atoms with Gasteiger partial charge in [0.1, 0.15) is 4.21 Å². The number of nitrogens with one attached hydrogen (secondary N) is 1. The van der Waals surface area contributed by atoms with Crippen LogP contribution in [0.2, 0.25) is 0 Å². The van der Waals surface area contributed by atoms with Gasteiger partial charge in [-0.1, -0.05) is 60.2 Å². The summed E-state index contributed by atoms with van der Waals surface area (Å²) in [7, 11) is -3.61. The molecule has 0 aliphatic carbocycles. The van der Waals surface area contributed by atoms with Crippen LogP contribution in [-0.4, -0.2) is 8.42 Å². The second-order valence-electron chi connectivity index (χ2n) is 5.43. The lowest BCUT2D eigenvalue weighted by Crippen LogP contribution is -2.29. The Morgan fingerprint density at radius 3 is 2.12 bits per heavy atom. The maximum absolute atomic E-state index is 12.7. The average Bonchev–Trinajstić information content (AvgIpc) is 3.02. The highest BCUT2D eigenvalue weighted by Crippen LogP contribution is 2.29. The zero-order valence-electron chi connectivity index (χ0n) is 12.9. The van der Waals surface area contributed by atoms with Crippen LogP contribution in [-0.2, 0) is 10.0 Å². The summed E-state index contributed by atoms with van der Waals surface area (Å²) in [6, 6.07) is 20.4. The zero-order chi connectivity index (χ0) is 17.2. The van der Waals surface area contributed by atoms with Gasteiger partial charge in [-0.05, 0) is 46.1 Å². The molecule has 0 amide bonds. The second-order valence-corrected chi connectivity index (χ2v) is 9.84. The Balaban J connectivity index is 2.01. The predicted octanol–water partition coefficient (Wildman–Crippen LogP) is 4.89. The van der Waals surface area contributed by atoms with Crippen LogP contribution in [0.3, 0.4) is 0 Å². The molecule has 0 radical (unpaired) electrons. The minimum absolute atomic E-state index is 0.294. The number of hydrogen-bond acceptors (Lipinski definition) is 3. The van der Waals surface area contributed by atoms with Crippen molar-refractivity contribution in [3.8, 4) is 0 Å². The van der Waals surface area contributed by atoms with Crippen molar-refractivity contribution in [2.45, 2.75) is 17.2 Å². The fraction of sp³-hybridized carbons (Fsp3) is 0.111. The molecule has 1 heterocycles. The zero-order valence-corrected chi connectivity index (χ0v) is 16.2. The highest BCUT2D eigenvalue weighted by molar-refractivity contribution is 9.11. The van der Waals surface area contributed by atoms with Gasteiger partial charge in [-0.3, -0.25) is 0 Å². The molecule has 0 bridgehead atoms. The van der Waals surface area contributed by atoms with E-state index in [2.05, 4.69) is 20.7 Å². The van der Waals surface area contributed by atoms with Gasteiger partial charge in [0.25, 0.3) is 10.0 Å². The standard InChI is InChI=1S/C18H16BrNO2S2/c1-13-7-9-15(10-8-13)18(14-5-3-2-4-6-14)20-24(21,22)17-12-11-16(19)23-17/h2-12,18,20H,1H3/t18-/m1/s1. The quantitative estimate of drug-likeness (QED) is 0.637. The maximum atomic E-state index is 12.7. The molecular formula is C18H16BrNO2S2. The first-order valence-corrected chi connectivity index (χ1v) is 10.4. The lowest BCUT2D eigenvalue weighted by atomic mass is 9.99. The first-order valence-electron chi connectivity index (χ1n) is 7.35. The topological polar surface area (TPSA) is 46.2 Å². The van der Waals surface area contributed by atoms with Crippen molar-refractivity contribution >= 4 is 37.3 Å². The van der Waals surface area contributed by atoms with Crippen molar-refractivity contribution in [2.24, 2.45) is 0 Å². The highest BCUT2D eigenvalue weighted by Gasteiger charge is 2.24. The van der Waals surface area contributed by atoms with Crippen molar-refractivity contribution in [1.82, 2.24) is 4.72 Å². The van der Waals surface area contributed by atoms with Crippen LogP contribution in [0, 0.1) is 6.92 Å². The fourth-order valence-corrected chi connectivity index (χ4v) is 5.63. The number of rotatable bonds is 5. The average molecular weight is 422 g/mol. The van der Waals surface area contributed by atoms with Crippen LogP contribution in [0.25, 0.3) is 0 Å². The molecule has 0 unspecified atom stereocenters. The maximum Gasteiger partial charge on any atom is 0.250 e. The Kier molecular flexibility index (Phi) is 5.20. The summed E-state index contributed by atoms with van der Waals surface area (Å²) in [6.07, 6.45) is 0. The van der Waals surface area contributed by atoms with Crippen molar-refractivity contribution in [3.63, 3.8) is 0 Å². The van der Waals surface area contributed by atoms with Gasteiger partial charge >= 0.3 is 0 Å². The Labute approximate surface area is 154 Å². The molecule has 3 aromatic rings. The van der Waals surface area contributed by atoms with Crippen LogP contribution in [0.15, 0.2) is 74.7 Å². The summed E-state index contributed by atoms with van der Waals surface area (Å²) < 4.78 is 29.4. The Hall–Kier alpha value is -1.47. The van der Waals surface area contributed by atoms with Gasteiger partial charge < -0.3 is 0 Å². The summed E-state index contributed by atoms with van der Waals surface area (Å²) >= 11 is 4.51. The predicted molar refractivity (Wildman–Crippen MR) is 102 cm³/mol. The molecule has 1 atom stereocenters. The molecule has 124 valence electrons. The molecule has 2 aromatic carbocycles. The van der Waals surface area contributed by atoms with Crippen LogP contribution >= 0.6 is 27.3 Å². The van der Waals surface area contributed by atoms with Crippen molar-refractivity contribution < 1.29 is 8.42 Å². The molecule has 1 aromatic heterocycles. The van der Waals surface area contributed by atoms with Crippen LogP contribution in [0.1, 0.15) is 22.7 Å². The molecule has 6 heteroatoms. The molecule has 24 heavy (non-hydrogen) atoms. The van der Waals surface area contributed by atoms with E-state index in [1.54, 1.807) is 12.1 Å². The van der Waals surface area contributed by atoms with E-state index in [1.165, 1.54) is 11.3 Å². The van der Waals surface area contributed by atoms with Crippen LogP contribution in [0.4, 0.5) is 0 Å². The van der Waals surface area contributed by atoms with E-state index in [1.807, 2.05) is 61.5 Å². The highest BCUT2D eigenvalue weighted by atomic mass is 79.9. The van der Waals surface area contributed by atoms with E-state index in [4.69, 9.17) is 0 Å². The van der Waals surface area contributed by atoms with E-state index in [0.717, 1.165) is 20.5 Å². The van der Waals surface area contributed by atoms with Gasteiger partial charge in [-0.15, -0.1) is 11.3 Å². The number of halogens is 1. The normalized spacial score (nSPS) is 12.9. The Bertz CT molecular complexity index is 919. The second kappa shape index (κ2) is 7.19. The lowest BCUT2D eigenvalue weighted by Gasteiger charge is -2.19.